The van der Waals surface area contributed by atoms with E-state index in [2.05, 4.69) is 25.2 Å². The van der Waals surface area contributed by atoms with E-state index < -0.39 is 0 Å². The molecule has 23 heavy (non-hydrogen) atoms. The maximum absolute atomic E-state index is 12.4. The predicted octanol–water partition coefficient (Wildman–Crippen LogP) is 0.353. The number of aromatic amines is 1. The molecule has 3 rings (SSSR count). The lowest BCUT2D eigenvalue weighted by atomic mass is 10.2. The van der Waals surface area contributed by atoms with Gasteiger partial charge in [0.1, 0.15) is 12.2 Å². The third-order valence-electron chi connectivity index (χ3n) is 4.20. The zero-order chi connectivity index (χ0) is 16.2. The summed E-state index contributed by atoms with van der Waals surface area (Å²) in [5.41, 5.74) is 2.10. The Morgan fingerprint density at radius 2 is 2.04 bits per heavy atom. The second-order valence-corrected chi connectivity index (χ2v) is 5.99. The van der Waals surface area contributed by atoms with Gasteiger partial charge in [-0.1, -0.05) is 0 Å². The minimum atomic E-state index is 0.205. The number of carbonyl (C=O) groups is 1. The Morgan fingerprint density at radius 1 is 1.26 bits per heavy atom. The van der Waals surface area contributed by atoms with Crippen molar-refractivity contribution in [1.29, 1.82) is 0 Å². The van der Waals surface area contributed by atoms with E-state index in [9.17, 15) is 4.79 Å². The van der Waals surface area contributed by atoms with Crippen molar-refractivity contribution in [2.24, 2.45) is 0 Å². The molecule has 0 saturated carbocycles. The molecule has 0 aromatic carbocycles. The summed E-state index contributed by atoms with van der Waals surface area (Å²) >= 11 is 0. The average molecular weight is 317 g/mol. The van der Waals surface area contributed by atoms with Gasteiger partial charge < -0.3 is 4.90 Å². The first-order chi connectivity index (χ1) is 11.1. The number of piperazine rings is 1. The van der Waals surface area contributed by atoms with E-state index in [4.69, 9.17) is 0 Å². The summed E-state index contributed by atoms with van der Waals surface area (Å²) in [7, 11) is 0. The van der Waals surface area contributed by atoms with Gasteiger partial charge in [-0.25, -0.2) is 4.98 Å². The van der Waals surface area contributed by atoms with Gasteiger partial charge in [0.15, 0.2) is 0 Å². The minimum Gasteiger partial charge on any atom is -0.340 e. The van der Waals surface area contributed by atoms with Crippen LogP contribution in [0, 0.1) is 13.8 Å². The highest BCUT2D eigenvalue weighted by Crippen LogP contribution is 2.08. The number of rotatable bonds is 5. The molecule has 1 saturated heterocycles. The molecule has 0 atom stereocenters. The Labute approximate surface area is 135 Å². The summed E-state index contributed by atoms with van der Waals surface area (Å²) in [4.78, 5) is 20.7. The second kappa shape index (κ2) is 6.91. The molecule has 1 aliphatic rings. The third kappa shape index (κ3) is 3.95. The van der Waals surface area contributed by atoms with Crippen molar-refractivity contribution in [3.8, 4) is 0 Å². The number of hydrogen-bond donors (Lipinski definition) is 1. The molecule has 1 fully saturated rings. The minimum absolute atomic E-state index is 0.205. The van der Waals surface area contributed by atoms with E-state index in [-0.39, 0.29) is 5.91 Å². The maximum atomic E-state index is 12.4. The van der Waals surface area contributed by atoms with E-state index in [1.807, 2.05) is 29.5 Å². The number of amides is 1. The fourth-order valence-corrected chi connectivity index (χ4v) is 2.94. The molecule has 2 aromatic heterocycles. The largest absolute Gasteiger partial charge is 0.340 e. The van der Waals surface area contributed by atoms with Gasteiger partial charge in [0.2, 0.25) is 5.91 Å². The van der Waals surface area contributed by atoms with Crippen molar-refractivity contribution in [1.82, 2.24) is 34.8 Å². The first kappa shape index (κ1) is 15.7. The number of nitrogens with zero attached hydrogens (tertiary/aromatic N) is 6. The van der Waals surface area contributed by atoms with Gasteiger partial charge >= 0.3 is 0 Å². The molecular formula is C15H23N7O. The van der Waals surface area contributed by atoms with Gasteiger partial charge in [-0.05, 0) is 19.9 Å². The van der Waals surface area contributed by atoms with Crippen molar-refractivity contribution in [3.63, 3.8) is 0 Å². The first-order valence-electron chi connectivity index (χ1n) is 7.97. The van der Waals surface area contributed by atoms with Crippen molar-refractivity contribution in [2.45, 2.75) is 33.4 Å². The number of H-pyrrole nitrogens is 1. The van der Waals surface area contributed by atoms with Crippen LogP contribution in [0.5, 0.6) is 0 Å². The summed E-state index contributed by atoms with van der Waals surface area (Å²) in [6, 6.07) is 2.03. The highest BCUT2D eigenvalue weighted by atomic mass is 16.2. The second-order valence-electron chi connectivity index (χ2n) is 5.99. The molecule has 0 bridgehead atoms. The zero-order valence-electron chi connectivity index (χ0n) is 13.7. The van der Waals surface area contributed by atoms with Crippen LogP contribution >= 0.6 is 0 Å². The highest BCUT2D eigenvalue weighted by molar-refractivity contribution is 5.76. The van der Waals surface area contributed by atoms with Crippen LogP contribution in [-0.2, 0) is 17.9 Å². The lowest BCUT2D eigenvalue weighted by molar-refractivity contribution is -0.133. The molecule has 0 radical (unpaired) electrons. The zero-order valence-corrected chi connectivity index (χ0v) is 13.7. The number of carbonyl (C=O) groups excluding carboxylic acids is 1. The molecule has 1 aliphatic heterocycles. The van der Waals surface area contributed by atoms with E-state index in [1.165, 1.54) is 6.33 Å². The molecule has 3 heterocycles. The molecule has 124 valence electrons. The molecule has 8 nitrogen and oxygen atoms in total. The van der Waals surface area contributed by atoms with Crippen LogP contribution in [0.2, 0.25) is 0 Å². The topological polar surface area (TPSA) is 82.9 Å². The summed E-state index contributed by atoms with van der Waals surface area (Å²) in [5.74, 6) is 1.08. The predicted molar refractivity (Wildman–Crippen MR) is 84.6 cm³/mol. The fourth-order valence-electron chi connectivity index (χ4n) is 2.94. The quantitative estimate of drug-likeness (QED) is 0.860. The molecule has 1 N–H and O–H groups in total. The van der Waals surface area contributed by atoms with E-state index >= 15 is 0 Å². The normalized spacial score (nSPS) is 16.0. The van der Waals surface area contributed by atoms with Crippen LogP contribution in [0.25, 0.3) is 0 Å². The van der Waals surface area contributed by atoms with Gasteiger partial charge in [-0.15, -0.1) is 0 Å². The van der Waals surface area contributed by atoms with Crippen LogP contribution in [0.15, 0.2) is 12.4 Å². The third-order valence-corrected chi connectivity index (χ3v) is 4.20. The maximum Gasteiger partial charge on any atom is 0.224 e. The monoisotopic (exact) mass is 317 g/mol. The highest BCUT2D eigenvalue weighted by Gasteiger charge is 2.21. The van der Waals surface area contributed by atoms with E-state index in [0.717, 1.165) is 49.9 Å². The number of aromatic nitrogens is 5. The number of aryl methyl sites for hydroxylation is 3. The van der Waals surface area contributed by atoms with Crippen LogP contribution in [0.4, 0.5) is 0 Å². The SMILES string of the molecule is Cc1cc(C)n(CCC(=O)N2CCN(Cc3ncn[nH]3)CC2)n1. The Hall–Kier alpha value is -2.22. The van der Waals surface area contributed by atoms with Crippen molar-refractivity contribution in [3.05, 3.63) is 29.6 Å². The van der Waals surface area contributed by atoms with Crippen molar-refractivity contribution >= 4 is 5.91 Å². The Balaban J connectivity index is 1.44. The lowest BCUT2D eigenvalue weighted by Gasteiger charge is -2.34. The van der Waals surface area contributed by atoms with Gasteiger partial charge in [0.25, 0.3) is 0 Å². The fraction of sp³-hybridized carbons (Fsp3) is 0.600. The molecular weight excluding hydrogens is 294 g/mol. The van der Waals surface area contributed by atoms with E-state index in [1.54, 1.807) is 0 Å². The molecule has 8 heteroatoms. The summed E-state index contributed by atoms with van der Waals surface area (Å²) in [6.07, 6.45) is 2.03. The Kier molecular flexibility index (Phi) is 4.71. The molecule has 1 amide bonds. The lowest BCUT2D eigenvalue weighted by Crippen LogP contribution is -2.48. The van der Waals surface area contributed by atoms with Gasteiger partial charge in [-0.3, -0.25) is 19.5 Å². The Morgan fingerprint density at radius 3 is 2.65 bits per heavy atom. The molecule has 0 aliphatic carbocycles. The van der Waals surface area contributed by atoms with Crippen molar-refractivity contribution in [2.75, 3.05) is 26.2 Å². The van der Waals surface area contributed by atoms with Gasteiger partial charge in [0.05, 0.1) is 12.2 Å². The molecule has 2 aromatic rings. The van der Waals surface area contributed by atoms with Gasteiger partial charge in [-0.2, -0.15) is 10.2 Å². The van der Waals surface area contributed by atoms with Crippen LogP contribution < -0.4 is 0 Å². The summed E-state index contributed by atoms with van der Waals surface area (Å²) < 4.78 is 1.91. The summed E-state index contributed by atoms with van der Waals surface area (Å²) in [6.45, 7) is 8.67. The van der Waals surface area contributed by atoms with Crippen LogP contribution in [0.3, 0.4) is 0 Å². The first-order valence-corrected chi connectivity index (χ1v) is 7.97. The van der Waals surface area contributed by atoms with Crippen LogP contribution in [-0.4, -0.2) is 66.8 Å². The van der Waals surface area contributed by atoms with Crippen molar-refractivity contribution < 1.29 is 4.79 Å². The smallest absolute Gasteiger partial charge is 0.224 e. The van der Waals surface area contributed by atoms with E-state index in [0.29, 0.717) is 13.0 Å². The average Bonchev–Trinajstić information content (AvgIpc) is 3.15. The summed E-state index contributed by atoms with van der Waals surface area (Å²) in [5, 5.41) is 11.1. The molecule has 0 unspecified atom stereocenters. The standard InChI is InChI=1S/C15H23N7O/c1-12-9-13(2)22(19-12)4-3-15(23)21-7-5-20(6-8-21)10-14-16-11-17-18-14/h9,11H,3-8,10H2,1-2H3,(H,16,17,18). The number of hydrogen-bond acceptors (Lipinski definition) is 5. The number of nitrogens with one attached hydrogen (secondary N) is 1. The Bertz CT molecular complexity index is 641. The van der Waals surface area contributed by atoms with Crippen LogP contribution in [0.1, 0.15) is 23.6 Å². The van der Waals surface area contributed by atoms with Gasteiger partial charge in [0, 0.05) is 44.8 Å². The molecule has 0 spiro atoms.